The number of piperidine rings is 1. The first kappa shape index (κ1) is 16.6. The molecule has 2 aliphatic heterocycles. The van der Waals surface area contributed by atoms with Gasteiger partial charge in [0.25, 0.3) is 0 Å². The van der Waals surface area contributed by atoms with E-state index in [1.165, 1.54) is 76.8 Å². The van der Waals surface area contributed by atoms with Crippen molar-refractivity contribution in [3.05, 3.63) is 35.4 Å². The SMILES string of the molecule is CC1CCCN(C[C@H]2C[C@H](c3ccc(CN4CCCC4)cc3)C2)C1. The van der Waals surface area contributed by atoms with E-state index in [1.807, 2.05) is 0 Å². The maximum absolute atomic E-state index is 2.73. The van der Waals surface area contributed by atoms with Crippen molar-refractivity contribution in [2.24, 2.45) is 11.8 Å². The molecule has 1 aromatic carbocycles. The molecule has 24 heavy (non-hydrogen) atoms. The fourth-order valence-electron chi connectivity index (χ4n) is 5.07. The van der Waals surface area contributed by atoms with Crippen molar-refractivity contribution >= 4 is 0 Å². The lowest BCUT2D eigenvalue weighted by Gasteiger charge is -2.41. The normalized spacial score (nSPS) is 32.0. The average molecular weight is 327 g/mol. The van der Waals surface area contributed by atoms with Gasteiger partial charge in [0.05, 0.1) is 0 Å². The number of benzene rings is 1. The van der Waals surface area contributed by atoms with Crippen LogP contribution in [0.1, 0.15) is 62.5 Å². The van der Waals surface area contributed by atoms with Gasteiger partial charge in [0, 0.05) is 19.6 Å². The third kappa shape index (κ3) is 4.03. The summed E-state index contributed by atoms with van der Waals surface area (Å²) in [6, 6.07) is 9.59. The van der Waals surface area contributed by atoms with Crippen LogP contribution in [0.15, 0.2) is 24.3 Å². The maximum Gasteiger partial charge on any atom is 0.0233 e. The predicted octanol–water partition coefficient (Wildman–Crippen LogP) is 4.51. The molecular weight excluding hydrogens is 292 g/mol. The maximum atomic E-state index is 2.73. The first-order chi connectivity index (χ1) is 11.8. The second kappa shape index (κ2) is 7.58. The fourth-order valence-corrected chi connectivity index (χ4v) is 5.07. The van der Waals surface area contributed by atoms with Gasteiger partial charge >= 0.3 is 0 Å². The Morgan fingerprint density at radius 1 is 0.917 bits per heavy atom. The second-order valence-electron chi connectivity index (χ2n) is 8.77. The van der Waals surface area contributed by atoms with Gasteiger partial charge in [-0.3, -0.25) is 4.90 Å². The first-order valence-corrected chi connectivity index (χ1v) is 10.3. The van der Waals surface area contributed by atoms with Crippen LogP contribution in [0.3, 0.4) is 0 Å². The smallest absolute Gasteiger partial charge is 0.0233 e. The summed E-state index contributed by atoms with van der Waals surface area (Å²) in [4.78, 5) is 5.32. The van der Waals surface area contributed by atoms with Crippen LogP contribution in [0, 0.1) is 11.8 Å². The molecule has 1 unspecified atom stereocenters. The highest BCUT2D eigenvalue weighted by Crippen LogP contribution is 2.42. The molecule has 2 saturated heterocycles. The Kier molecular flexibility index (Phi) is 5.24. The van der Waals surface area contributed by atoms with Crippen molar-refractivity contribution in [1.29, 1.82) is 0 Å². The van der Waals surface area contributed by atoms with Crippen molar-refractivity contribution < 1.29 is 0 Å². The lowest BCUT2D eigenvalue weighted by Crippen LogP contribution is -2.40. The highest BCUT2D eigenvalue weighted by atomic mass is 15.1. The molecule has 1 saturated carbocycles. The molecule has 0 spiro atoms. The summed E-state index contributed by atoms with van der Waals surface area (Å²) < 4.78 is 0. The molecule has 3 fully saturated rings. The van der Waals surface area contributed by atoms with Gasteiger partial charge in [-0.1, -0.05) is 31.2 Å². The zero-order valence-corrected chi connectivity index (χ0v) is 15.4. The minimum absolute atomic E-state index is 0.832. The van der Waals surface area contributed by atoms with Crippen molar-refractivity contribution in [2.75, 3.05) is 32.7 Å². The Hall–Kier alpha value is -0.860. The molecule has 1 atom stereocenters. The highest BCUT2D eigenvalue weighted by molar-refractivity contribution is 5.27. The van der Waals surface area contributed by atoms with Crippen LogP contribution < -0.4 is 0 Å². The summed E-state index contributed by atoms with van der Waals surface area (Å²) in [6.45, 7) is 10.2. The predicted molar refractivity (Wildman–Crippen MR) is 101 cm³/mol. The molecule has 0 aromatic heterocycles. The minimum Gasteiger partial charge on any atom is -0.303 e. The van der Waals surface area contributed by atoms with Gasteiger partial charge < -0.3 is 4.90 Å². The third-order valence-corrected chi connectivity index (χ3v) is 6.55. The van der Waals surface area contributed by atoms with Gasteiger partial charge in [-0.2, -0.15) is 0 Å². The van der Waals surface area contributed by atoms with Crippen LogP contribution >= 0.6 is 0 Å². The molecule has 0 radical (unpaired) electrons. The zero-order chi connectivity index (χ0) is 16.4. The molecule has 2 heterocycles. The molecule has 2 nitrogen and oxygen atoms in total. The molecule has 0 amide bonds. The number of hydrogen-bond acceptors (Lipinski definition) is 2. The van der Waals surface area contributed by atoms with Crippen LogP contribution in [0.5, 0.6) is 0 Å². The third-order valence-electron chi connectivity index (χ3n) is 6.55. The molecule has 132 valence electrons. The summed E-state index contributed by atoms with van der Waals surface area (Å²) in [6.07, 6.45) is 8.45. The summed E-state index contributed by atoms with van der Waals surface area (Å²) >= 11 is 0. The van der Waals surface area contributed by atoms with E-state index in [9.17, 15) is 0 Å². The fraction of sp³-hybridized carbons (Fsp3) is 0.727. The summed E-state index contributed by atoms with van der Waals surface area (Å²) in [7, 11) is 0. The number of likely N-dealkylation sites (tertiary alicyclic amines) is 2. The standard InChI is InChI=1S/C22H34N2/c1-18-5-4-12-24(15-18)17-20-13-22(14-20)21-8-6-19(7-9-21)16-23-10-2-3-11-23/h6-9,18,20,22H,2-5,10-17H2,1H3/t18?,20-,22-. The Labute approximate surface area is 148 Å². The Morgan fingerprint density at radius 2 is 1.62 bits per heavy atom. The summed E-state index contributed by atoms with van der Waals surface area (Å²) in [5.74, 6) is 2.69. The van der Waals surface area contributed by atoms with Crippen LogP contribution in [0.4, 0.5) is 0 Å². The number of hydrogen-bond donors (Lipinski definition) is 0. The minimum atomic E-state index is 0.832. The largest absolute Gasteiger partial charge is 0.303 e. The van der Waals surface area contributed by atoms with E-state index < -0.39 is 0 Å². The topological polar surface area (TPSA) is 6.48 Å². The Balaban J connectivity index is 1.23. The van der Waals surface area contributed by atoms with Crippen molar-refractivity contribution in [1.82, 2.24) is 9.80 Å². The van der Waals surface area contributed by atoms with Gasteiger partial charge in [-0.25, -0.2) is 0 Å². The van der Waals surface area contributed by atoms with Gasteiger partial charge in [0.1, 0.15) is 0 Å². The van der Waals surface area contributed by atoms with E-state index in [0.29, 0.717) is 0 Å². The van der Waals surface area contributed by atoms with Crippen molar-refractivity contribution in [3.8, 4) is 0 Å². The number of rotatable bonds is 5. The van der Waals surface area contributed by atoms with Crippen LogP contribution in [-0.4, -0.2) is 42.5 Å². The highest BCUT2D eigenvalue weighted by Gasteiger charge is 2.32. The molecule has 4 rings (SSSR count). The van der Waals surface area contributed by atoms with Crippen molar-refractivity contribution in [3.63, 3.8) is 0 Å². The van der Waals surface area contributed by atoms with E-state index in [2.05, 4.69) is 41.0 Å². The monoisotopic (exact) mass is 326 g/mol. The summed E-state index contributed by atoms with van der Waals surface area (Å²) in [5, 5.41) is 0. The molecule has 1 aliphatic carbocycles. The van der Waals surface area contributed by atoms with E-state index in [0.717, 1.165) is 24.3 Å². The van der Waals surface area contributed by atoms with E-state index in [4.69, 9.17) is 0 Å². The zero-order valence-electron chi connectivity index (χ0n) is 15.4. The van der Waals surface area contributed by atoms with E-state index in [1.54, 1.807) is 5.56 Å². The molecule has 3 aliphatic rings. The van der Waals surface area contributed by atoms with Crippen LogP contribution in [0.2, 0.25) is 0 Å². The lowest BCUT2D eigenvalue weighted by molar-refractivity contribution is 0.118. The Bertz CT molecular complexity index is 511. The Morgan fingerprint density at radius 3 is 2.33 bits per heavy atom. The van der Waals surface area contributed by atoms with Crippen LogP contribution in [0.25, 0.3) is 0 Å². The molecule has 0 bridgehead atoms. The molecular formula is C22H34N2. The second-order valence-corrected chi connectivity index (χ2v) is 8.77. The molecule has 1 aromatic rings. The quantitative estimate of drug-likeness (QED) is 0.785. The van der Waals surface area contributed by atoms with E-state index >= 15 is 0 Å². The van der Waals surface area contributed by atoms with Crippen molar-refractivity contribution in [2.45, 2.75) is 57.9 Å². The first-order valence-electron chi connectivity index (χ1n) is 10.3. The van der Waals surface area contributed by atoms with Gasteiger partial charge in [0.2, 0.25) is 0 Å². The molecule has 0 N–H and O–H groups in total. The lowest BCUT2D eigenvalue weighted by atomic mass is 9.71. The van der Waals surface area contributed by atoms with Gasteiger partial charge in [-0.15, -0.1) is 0 Å². The van der Waals surface area contributed by atoms with Gasteiger partial charge in [-0.05, 0) is 87.0 Å². The summed E-state index contributed by atoms with van der Waals surface area (Å²) in [5.41, 5.74) is 3.09. The van der Waals surface area contributed by atoms with Crippen LogP contribution in [-0.2, 0) is 6.54 Å². The average Bonchev–Trinajstić information content (AvgIpc) is 3.05. The van der Waals surface area contributed by atoms with Gasteiger partial charge in [0.15, 0.2) is 0 Å². The van der Waals surface area contributed by atoms with E-state index in [-0.39, 0.29) is 0 Å². The number of nitrogens with zero attached hydrogens (tertiary/aromatic N) is 2. The molecule has 2 heteroatoms.